The molecule has 1 unspecified atom stereocenters. The van der Waals surface area contributed by atoms with Crippen molar-refractivity contribution in [3.8, 4) is 0 Å². The molecule has 1 fully saturated rings. The lowest BCUT2D eigenvalue weighted by atomic mass is 10.1. The molecule has 3 heteroatoms. The molecule has 1 aliphatic rings. The number of thioether (sulfide) groups is 1. The van der Waals surface area contributed by atoms with Crippen molar-refractivity contribution in [3.63, 3.8) is 0 Å². The van der Waals surface area contributed by atoms with Crippen molar-refractivity contribution < 1.29 is 4.74 Å². The zero-order chi connectivity index (χ0) is 12.1. The van der Waals surface area contributed by atoms with E-state index in [4.69, 9.17) is 4.74 Å². The van der Waals surface area contributed by atoms with Crippen molar-refractivity contribution in [2.24, 2.45) is 0 Å². The van der Waals surface area contributed by atoms with Crippen LogP contribution in [0.2, 0.25) is 0 Å². The molecule has 1 aliphatic heterocycles. The first kappa shape index (κ1) is 12.9. The van der Waals surface area contributed by atoms with E-state index in [-0.39, 0.29) is 0 Å². The van der Waals surface area contributed by atoms with Gasteiger partial charge in [0.15, 0.2) is 0 Å². The van der Waals surface area contributed by atoms with Gasteiger partial charge in [0.25, 0.3) is 0 Å². The van der Waals surface area contributed by atoms with Crippen molar-refractivity contribution in [2.75, 3.05) is 32.6 Å². The predicted molar refractivity (Wildman–Crippen MR) is 73.5 cm³/mol. The van der Waals surface area contributed by atoms with Crippen LogP contribution in [0.5, 0.6) is 0 Å². The van der Waals surface area contributed by atoms with Gasteiger partial charge in [-0.25, -0.2) is 0 Å². The van der Waals surface area contributed by atoms with Gasteiger partial charge in [-0.05, 0) is 30.9 Å². The van der Waals surface area contributed by atoms with Crippen LogP contribution in [0.1, 0.15) is 12.5 Å². The van der Waals surface area contributed by atoms with E-state index in [1.807, 2.05) is 0 Å². The summed E-state index contributed by atoms with van der Waals surface area (Å²) in [6.45, 7) is 6.07. The molecular formula is C14H20NOS. The van der Waals surface area contributed by atoms with Crippen LogP contribution in [0.4, 0.5) is 0 Å². The molecule has 0 aliphatic carbocycles. The maximum Gasteiger partial charge on any atom is 0.0594 e. The molecule has 17 heavy (non-hydrogen) atoms. The molecular weight excluding hydrogens is 230 g/mol. The third kappa shape index (κ3) is 3.73. The van der Waals surface area contributed by atoms with Gasteiger partial charge in [-0.1, -0.05) is 12.1 Å². The van der Waals surface area contributed by atoms with Crippen LogP contribution < -0.4 is 0 Å². The van der Waals surface area contributed by atoms with E-state index in [0.29, 0.717) is 6.04 Å². The number of hydrogen-bond donors (Lipinski definition) is 0. The van der Waals surface area contributed by atoms with Gasteiger partial charge in [0.2, 0.25) is 0 Å². The third-order valence-electron chi connectivity index (χ3n) is 3.17. The van der Waals surface area contributed by atoms with Crippen molar-refractivity contribution in [1.29, 1.82) is 0 Å². The van der Waals surface area contributed by atoms with Gasteiger partial charge < -0.3 is 4.74 Å². The van der Waals surface area contributed by atoms with E-state index in [1.54, 1.807) is 11.8 Å². The largest absolute Gasteiger partial charge is 0.379 e. The van der Waals surface area contributed by atoms with E-state index in [9.17, 15) is 0 Å². The van der Waals surface area contributed by atoms with Crippen LogP contribution >= 0.6 is 11.8 Å². The summed E-state index contributed by atoms with van der Waals surface area (Å²) < 4.78 is 5.37. The molecule has 1 aromatic carbocycles. The fraction of sp³-hybridized carbons (Fsp3) is 0.500. The van der Waals surface area contributed by atoms with Gasteiger partial charge in [0.1, 0.15) is 0 Å². The molecule has 1 heterocycles. The minimum absolute atomic E-state index is 0.485. The van der Waals surface area contributed by atoms with Gasteiger partial charge in [-0.3, -0.25) is 4.90 Å². The molecule has 2 nitrogen and oxygen atoms in total. The first-order valence-electron chi connectivity index (χ1n) is 6.10. The number of benzene rings is 1. The van der Waals surface area contributed by atoms with Gasteiger partial charge >= 0.3 is 0 Å². The number of rotatable bonds is 4. The highest BCUT2D eigenvalue weighted by molar-refractivity contribution is 7.98. The standard InChI is InChI=1S/C14H20NOS/c1-12(15-7-9-16-10-8-15)11-13-3-5-14(17-2)6-4-13/h3-6,11-12H,7-10H2,1-2H3. The molecule has 0 spiro atoms. The van der Waals surface area contributed by atoms with E-state index in [0.717, 1.165) is 26.3 Å². The lowest BCUT2D eigenvalue weighted by Crippen LogP contribution is -2.42. The summed E-state index contributed by atoms with van der Waals surface area (Å²) in [5.41, 5.74) is 1.31. The smallest absolute Gasteiger partial charge is 0.0594 e. The SMILES string of the molecule is CSc1ccc([CH]C(C)N2CCOCC2)cc1. The summed E-state index contributed by atoms with van der Waals surface area (Å²) >= 11 is 1.78. The van der Waals surface area contributed by atoms with Crippen LogP contribution in [0.15, 0.2) is 29.2 Å². The summed E-state index contributed by atoms with van der Waals surface area (Å²) in [5.74, 6) is 0. The monoisotopic (exact) mass is 250 g/mol. The van der Waals surface area contributed by atoms with Gasteiger partial charge in [0.05, 0.1) is 13.2 Å². The number of hydrogen-bond acceptors (Lipinski definition) is 3. The third-order valence-corrected chi connectivity index (χ3v) is 3.91. The van der Waals surface area contributed by atoms with E-state index in [2.05, 4.69) is 48.8 Å². The summed E-state index contributed by atoms with van der Waals surface area (Å²) in [5, 5.41) is 0. The summed E-state index contributed by atoms with van der Waals surface area (Å²) in [6, 6.07) is 9.25. The molecule has 2 rings (SSSR count). The number of ether oxygens (including phenoxy) is 1. The summed E-state index contributed by atoms with van der Waals surface area (Å²) in [7, 11) is 0. The quantitative estimate of drug-likeness (QED) is 0.762. The Morgan fingerprint density at radius 3 is 2.47 bits per heavy atom. The second kappa shape index (κ2) is 6.43. The highest BCUT2D eigenvalue weighted by Crippen LogP contribution is 2.18. The van der Waals surface area contributed by atoms with Crippen molar-refractivity contribution >= 4 is 11.8 Å². The Bertz CT molecular complexity index is 333. The molecule has 0 bridgehead atoms. The zero-order valence-corrected chi connectivity index (χ0v) is 11.4. The summed E-state index contributed by atoms with van der Waals surface area (Å²) in [4.78, 5) is 3.78. The first-order valence-corrected chi connectivity index (χ1v) is 7.33. The Morgan fingerprint density at radius 2 is 1.88 bits per heavy atom. The van der Waals surface area contributed by atoms with E-state index >= 15 is 0 Å². The van der Waals surface area contributed by atoms with Crippen LogP contribution in [0, 0.1) is 6.42 Å². The fourth-order valence-electron chi connectivity index (χ4n) is 2.08. The average molecular weight is 250 g/mol. The molecule has 0 aromatic heterocycles. The maximum absolute atomic E-state index is 5.37. The molecule has 0 saturated carbocycles. The van der Waals surface area contributed by atoms with Crippen molar-refractivity contribution in [1.82, 2.24) is 4.90 Å². The van der Waals surface area contributed by atoms with Crippen LogP contribution in [-0.4, -0.2) is 43.5 Å². The molecule has 1 saturated heterocycles. The van der Waals surface area contributed by atoms with Gasteiger partial charge in [0, 0.05) is 30.4 Å². The minimum Gasteiger partial charge on any atom is -0.379 e. The second-order valence-corrected chi connectivity index (χ2v) is 5.21. The number of morpholine rings is 1. The first-order chi connectivity index (χ1) is 8.29. The molecule has 1 radical (unpaired) electrons. The molecule has 0 N–H and O–H groups in total. The molecule has 93 valence electrons. The number of nitrogens with zero attached hydrogens (tertiary/aromatic N) is 1. The van der Waals surface area contributed by atoms with Crippen molar-refractivity contribution in [3.05, 3.63) is 36.2 Å². The molecule has 0 amide bonds. The van der Waals surface area contributed by atoms with E-state index in [1.165, 1.54) is 10.5 Å². The van der Waals surface area contributed by atoms with Crippen LogP contribution in [-0.2, 0) is 4.74 Å². The second-order valence-electron chi connectivity index (χ2n) is 4.33. The zero-order valence-electron chi connectivity index (χ0n) is 10.6. The van der Waals surface area contributed by atoms with Gasteiger partial charge in [-0.2, -0.15) is 0 Å². The average Bonchev–Trinajstić information content (AvgIpc) is 2.40. The Labute approximate surface area is 108 Å². The van der Waals surface area contributed by atoms with E-state index < -0.39 is 0 Å². The topological polar surface area (TPSA) is 12.5 Å². The molecule has 1 aromatic rings. The maximum atomic E-state index is 5.37. The highest BCUT2D eigenvalue weighted by Gasteiger charge is 2.17. The van der Waals surface area contributed by atoms with Crippen LogP contribution in [0.3, 0.4) is 0 Å². The summed E-state index contributed by atoms with van der Waals surface area (Å²) in [6.07, 6.45) is 4.44. The van der Waals surface area contributed by atoms with Gasteiger partial charge in [-0.15, -0.1) is 11.8 Å². The predicted octanol–water partition coefficient (Wildman–Crippen LogP) is 2.68. The fourth-order valence-corrected chi connectivity index (χ4v) is 2.49. The lowest BCUT2D eigenvalue weighted by Gasteiger charge is -2.32. The lowest BCUT2D eigenvalue weighted by molar-refractivity contribution is 0.0266. The normalized spacial score (nSPS) is 19.2. The Morgan fingerprint density at radius 1 is 1.24 bits per heavy atom. The minimum atomic E-state index is 0.485. The Balaban J connectivity index is 1.89. The van der Waals surface area contributed by atoms with Crippen molar-refractivity contribution in [2.45, 2.75) is 17.9 Å². The Hall–Kier alpha value is -0.510. The molecule has 1 atom stereocenters. The van der Waals surface area contributed by atoms with Crippen LogP contribution in [0.25, 0.3) is 0 Å². The highest BCUT2D eigenvalue weighted by atomic mass is 32.2. The Kier molecular flexibility index (Phi) is 4.89.